The first-order valence-corrected chi connectivity index (χ1v) is 11.2. The molecule has 3 atom stereocenters. The molecule has 3 aliphatic heterocycles. The lowest BCUT2D eigenvalue weighted by Gasteiger charge is -2.54. The molecule has 4 heteroatoms. The van der Waals surface area contributed by atoms with Crippen molar-refractivity contribution < 1.29 is 8.78 Å². The van der Waals surface area contributed by atoms with Crippen molar-refractivity contribution in [1.29, 1.82) is 0 Å². The van der Waals surface area contributed by atoms with Crippen molar-refractivity contribution in [1.82, 2.24) is 10.2 Å². The third-order valence-electron chi connectivity index (χ3n) is 7.05. The summed E-state index contributed by atoms with van der Waals surface area (Å²) in [6.45, 7) is 2.86. The molecule has 0 saturated carbocycles. The van der Waals surface area contributed by atoms with E-state index in [1.54, 1.807) is 6.07 Å². The van der Waals surface area contributed by atoms with E-state index >= 15 is 4.39 Å². The maximum Gasteiger partial charge on any atom is 0.129 e. The summed E-state index contributed by atoms with van der Waals surface area (Å²) in [4.78, 5) is 2.52. The van der Waals surface area contributed by atoms with E-state index in [0.29, 0.717) is 11.5 Å². The number of halogens is 2. The quantitative estimate of drug-likeness (QED) is 0.581. The van der Waals surface area contributed by atoms with Gasteiger partial charge < -0.3 is 5.32 Å². The van der Waals surface area contributed by atoms with Crippen molar-refractivity contribution in [3.8, 4) is 0 Å². The highest BCUT2D eigenvalue weighted by molar-refractivity contribution is 5.37. The van der Waals surface area contributed by atoms with Crippen molar-refractivity contribution >= 4 is 0 Å². The Morgan fingerprint density at radius 2 is 1.55 bits per heavy atom. The maximum atomic E-state index is 15.1. The van der Waals surface area contributed by atoms with Crippen LogP contribution in [0, 0.1) is 17.6 Å². The number of hydrogen-bond donors (Lipinski definition) is 1. The molecule has 3 heterocycles. The molecule has 31 heavy (non-hydrogen) atoms. The number of nitrogens with one attached hydrogen (secondary N) is 1. The SMILES string of the molecule is Fc1ccc(C(c2ccccc2)[C@H]2[C@H](NCc3ccccc3)C3CCN2CC3)c(F)c1. The van der Waals surface area contributed by atoms with Gasteiger partial charge in [0.25, 0.3) is 0 Å². The van der Waals surface area contributed by atoms with Gasteiger partial charge in [0.1, 0.15) is 11.6 Å². The van der Waals surface area contributed by atoms with Crippen LogP contribution in [0.4, 0.5) is 8.78 Å². The van der Waals surface area contributed by atoms with Gasteiger partial charge in [-0.15, -0.1) is 0 Å². The zero-order chi connectivity index (χ0) is 21.2. The van der Waals surface area contributed by atoms with Gasteiger partial charge in [0, 0.05) is 30.6 Å². The number of fused-ring (bicyclic) bond motifs is 3. The molecule has 6 rings (SSSR count). The van der Waals surface area contributed by atoms with Crippen LogP contribution >= 0.6 is 0 Å². The smallest absolute Gasteiger partial charge is 0.129 e. The van der Waals surface area contributed by atoms with E-state index in [1.807, 2.05) is 24.3 Å². The summed E-state index contributed by atoms with van der Waals surface area (Å²) in [5.74, 6) is -0.581. The van der Waals surface area contributed by atoms with Crippen LogP contribution in [0.25, 0.3) is 0 Å². The van der Waals surface area contributed by atoms with Crippen molar-refractivity contribution in [3.05, 3.63) is 107 Å². The van der Waals surface area contributed by atoms with Crippen LogP contribution in [0.5, 0.6) is 0 Å². The van der Waals surface area contributed by atoms with Crippen LogP contribution in [0.2, 0.25) is 0 Å². The Morgan fingerprint density at radius 1 is 0.871 bits per heavy atom. The summed E-state index contributed by atoms with van der Waals surface area (Å²) in [6.07, 6.45) is 2.33. The van der Waals surface area contributed by atoms with Crippen LogP contribution < -0.4 is 5.32 Å². The summed E-state index contributed by atoms with van der Waals surface area (Å²) in [7, 11) is 0. The summed E-state index contributed by atoms with van der Waals surface area (Å²) in [5, 5.41) is 3.83. The van der Waals surface area contributed by atoms with Crippen molar-refractivity contribution in [2.45, 2.75) is 37.4 Å². The van der Waals surface area contributed by atoms with E-state index in [4.69, 9.17) is 0 Å². The van der Waals surface area contributed by atoms with Crippen LogP contribution in [-0.4, -0.2) is 30.1 Å². The van der Waals surface area contributed by atoms with E-state index in [-0.39, 0.29) is 18.0 Å². The van der Waals surface area contributed by atoms with Gasteiger partial charge in [-0.2, -0.15) is 0 Å². The predicted molar refractivity (Wildman–Crippen MR) is 120 cm³/mol. The fraction of sp³-hybridized carbons (Fsp3) is 0.333. The van der Waals surface area contributed by atoms with E-state index in [9.17, 15) is 4.39 Å². The first kappa shape index (κ1) is 20.3. The molecule has 3 aliphatic rings. The molecule has 1 unspecified atom stereocenters. The molecule has 0 radical (unpaired) electrons. The Morgan fingerprint density at radius 3 is 2.23 bits per heavy atom. The summed E-state index contributed by atoms with van der Waals surface area (Å²) < 4.78 is 28.8. The molecule has 0 spiro atoms. The molecule has 3 aromatic carbocycles. The Kier molecular flexibility index (Phi) is 5.84. The molecule has 3 aromatic rings. The maximum absolute atomic E-state index is 15.1. The normalized spacial score (nSPS) is 26.0. The predicted octanol–water partition coefficient (Wildman–Crippen LogP) is 5.35. The lowest BCUT2D eigenvalue weighted by Crippen LogP contribution is -2.64. The second-order valence-corrected chi connectivity index (χ2v) is 8.81. The van der Waals surface area contributed by atoms with Crippen LogP contribution in [0.1, 0.15) is 35.4 Å². The van der Waals surface area contributed by atoms with Crippen molar-refractivity contribution in [2.75, 3.05) is 13.1 Å². The van der Waals surface area contributed by atoms with E-state index in [0.717, 1.165) is 44.1 Å². The number of nitrogens with zero attached hydrogens (tertiary/aromatic N) is 1. The largest absolute Gasteiger partial charge is 0.308 e. The molecular weight excluding hydrogens is 390 g/mol. The molecule has 0 aliphatic carbocycles. The van der Waals surface area contributed by atoms with Crippen LogP contribution in [0.15, 0.2) is 78.9 Å². The third kappa shape index (κ3) is 4.15. The zero-order valence-electron chi connectivity index (χ0n) is 17.6. The summed E-state index contributed by atoms with van der Waals surface area (Å²) in [6, 6.07) is 25.0. The molecule has 3 fully saturated rings. The fourth-order valence-electron chi connectivity index (χ4n) is 5.59. The molecule has 3 saturated heterocycles. The van der Waals surface area contributed by atoms with Crippen LogP contribution in [-0.2, 0) is 6.54 Å². The highest BCUT2D eigenvalue weighted by Gasteiger charge is 2.46. The van der Waals surface area contributed by atoms with Gasteiger partial charge in [0.2, 0.25) is 0 Å². The first-order valence-electron chi connectivity index (χ1n) is 11.2. The Bertz CT molecular complexity index is 1000. The Labute approximate surface area is 182 Å². The Hall–Kier alpha value is -2.56. The number of rotatable bonds is 6. The molecule has 2 nitrogen and oxygen atoms in total. The van der Waals surface area contributed by atoms with E-state index in [1.165, 1.54) is 11.6 Å². The minimum absolute atomic E-state index is 0.124. The molecular formula is C27H28F2N2. The number of benzene rings is 3. The Balaban J connectivity index is 1.54. The van der Waals surface area contributed by atoms with Gasteiger partial charge in [-0.1, -0.05) is 66.7 Å². The van der Waals surface area contributed by atoms with Crippen molar-refractivity contribution in [3.63, 3.8) is 0 Å². The minimum atomic E-state index is -0.530. The number of hydrogen-bond acceptors (Lipinski definition) is 2. The standard InChI is InChI=1S/C27H28F2N2/c28-22-11-12-23(24(29)17-22)25(20-9-5-2-6-10-20)27-26(21-13-15-31(27)16-14-21)30-18-19-7-3-1-4-8-19/h1-12,17,21,25-27,30H,13-16,18H2/t25?,26-,27+/m1/s1. The topological polar surface area (TPSA) is 15.3 Å². The summed E-state index contributed by atoms with van der Waals surface area (Å²) in [5.41, 5.74) is 2.91. The average molecular weight is 419 g/mol. The van der Waals surface area contributed by atoms with Gasteiger partial charge >= 0.3 is 0 Å². The second-order valence-electron chi connectivity index (χ2n) is 8.81. The van der Waals surface area contributed by atoms with Gasteiger partial charge in [-0.05, 0) is 54.6 Å². The highest BCUT2D eigenvalue weighted by atomic mass is 19.1. The zero-order valence-corrected chi connectivity index (χ0v) is 17.6. The third-order valence-corrected chi connectivity index (χ3v) is 7.05. The average Bonchev–Trinajstić information content (AvgIpc) is 2.82. The second kappa shape index (κ2) is 8.89. The van der Waals surface area contributed by atoms with E-state index in [2.05, 4.69) is 46.6 Å². The molecule has 2 bridgehead atoms. The van der Waals surface area contributed by atoms with E-state index < -0.39 is 11.6 Å². The molecule has 0 amide bonds. The summed E-state index contributed by atoms with van der Waals surface area (Å²) >= 11 is 0. The molecule has 160 valence electrons. The lowest BCUT2D eigenvalue weighted by molar-refractivity contribution is 0.00423. The van der Waals surface area contributed by atoms with Crippen molar-refractivity contribution in [2.24, 2.45) is 5.92 Å². The monoisotopic (exact) mass is 418 g/mol. The van der Waals surface area contributed by atoms with Gasteiger partial charge in [-0.3, -0.25) is 4.90 Å². The molecule has 1 N–H and O–H groups in total. The van der Waals surface area contributed by atoms with Gasteiger partial charge in [0.15, 0.2) is 0 Å². The van der Waals surface area contributed by atoms with Crippen LogP contribution in [0.3, 0.4) is 0 Å². The van der Waals surface area contributed by atoms with Gasteiger partial charge in [0.05, 0.1) is 0 Å². The van der Waals surface area contributed by atoms with Gasteiger partial charge in [-0.25, -0.2) is 8.78 Å². The highest BCUT2D eigenvalue weighted by Crippen LogP contribution is 2.42. The minimum Gasteiger partial charge on any atom is -0.308 e. The first-order chi connectivity index (χ1) is 15.2. The fourth-order valence-corrected chi connectivity index (χ4v) is 5.59. The lowest BCUT2D eigenvalue weighted by atomic mass is 9.70. The molecule has 0 aromatic heterocycles. The number of piperidine rings is 3.